The Balaban J connectivity index is 1.64. The van der Waals surface area contributed by atoms with Crippen LogP contribution in [0.1, 0.15) is 49.8 Å². The van der Waals surface area contributed by atoms with Gasteiger partial charge >= 0.3 is 6.18 Å². The number of nitrogens with zero attached hydrogens (tertiary/aromatic N) is 3. The van der Waals surface area contributed by atoms with Gasteiger partial charge in [0.05, 0.1) is 11.3 Å². The van der Waals surface area contributed by atoms with Gasteiger partial charge in [0.25, 0.3) is 5.56 Å². The number of carbonyl (C=O) groups excluding carboxylic acids is 2. The van der Waals surface area contributed by atoms with Gasteiger partial charge in [0.15, 0.2) is 0 Å². The lowest BCUT2D eigenvalue weighted by atomic mass is 9.94. The average molecular weight is 664 g/mol. The second-order valence-electron chi connectivity index (χ2n) is 11.2. The summed E-state index contributed by atoms with van der Waals surface area (Å²) >= 11 is 12.6. The van der Waals surface area contributed by atoms with Crippen LogP contribution < -0.4 is 5.56 Å². The molecule has 0 spiro atoms. The number of carbonyl (C=O) groups is 2. The van der Waals surface area contributed by atoms with E-state index in [-0.39, 0.29) is 73.9 Å². The molecule has 2 heterocycles. The van der Waals surface area contributed by atoms with E-state index in [1.807, 2.05) is 13.8 Å². The van der Waals surface area contributed by atoms with E-state index in [0.29, 0.717) is 25.9 Å². The Morgan fingerprint density at radius 2 is 1.80 bits per heavy atom. The number of H-pyrrole nitrogens is 1. The predicted molar refractivity (Wildman–Crippen MR) is 165 cm³/mol. The zero-order valence-electron chi connectivity index (χ0n) is 24.8. The fourth-order valence-electron chi connectivity index (χ4n) is 5.40. The van der Waals surface area contributed by atoms with Crippen molar-refractivity contribution in [2.24, 2.45) is 11.8 Å². The molecule has 1 aliphatic rings. The number of nitrogens with one attached hydrogen (secondary N) is 1. The van der Waals surface area contributed by atoms with E-state index in [9.17, 15) is 37.9 Å². The predicted octanol–water partition coefficient (Wildman–Crippen LogP) is 6.85. The summed E-state index contributed by atoms with van der Waals surface area (Å²) in [6.45, 7) is 4.74. The largest absolute Gasteiger partial charge is 0.507 e. The molecule has 1 aliphatic heterocycles. The van der Waals surface area contributed by atoms with Crippen molar-refractivity contribution in [3.63, 3.8) is 0 Å². The summed E-state index contributed by atoms with van der Waals surface area (Å²) in [6, 6.07) is 8.33. The van der Waals surface area contributed by atoms with E-state index in [0.717, 1.165) is 24.6 Å². The van der Waals surface area contributed by atoms with Crippen LogP contribution in [0.2, 0.25) is 10.0 Å². The molecule has 0 bridgehead atoms. The third kappa shape index (κ3) is 7.29. The molecule has 238 valence electrons. The number of amides is 2. The van der Waals surface area contributed by atoms with Crippen LogP contribution in [-0.4, -0.2) is 51.8 Å². The number of hydrogen-bond acceptors (Lipinski definition) is 5. The number of piperidine rings is 1. The van der Waals surface area contributed by atoms with Gasteiger partial charge in [0.2, 0.25) is 11.8 Å². The summed E-state index contributed by atoms with van der Waals surface area (Å²) in [6.07, 6.45) is -2.96. The molecule has 8 nitrogen and oxygen atoms in total. The maximum absolute atomic E-state index is 13.5. The number of alkyl halides is 3. The van der Waals surface area contributed by atoms with Crippen LogP contribution in [0.3, 0.4) is 0 Å². The van der Waals surface area contributed by atoms with Crippen LogP contribution >= 0.6 is 23.2 Å². The Morgan fingerprint density at radius 3 is 2.40 bits per heavy atom. The molecule has 13 heteroatoms. The summed E-state index contributed by atoms with van der Waals surface area (Å²) in [4.78, 5) is 44.5. The molecule has 1 fully saturated rings. The van der Waals surface area contributed by atoms with Gasteiger partial charge in [0, 0.05) is 70.8 Å². The Bertz CT molecular complexity index is 1730. The molecule has 1 saturated heterocycles. The minimum absolute atomic E-state index is 0.0288. The summed E-state index contributed by atoms with van der Waals surface area (Å²) in [5.74, 6) is -0.808. The number of rotatable bonds is 7. The Labute approximate surface area is 268 Å². The van der Waals surface area contributed by atoms with Crippen LogP contribution in [0, 0.1) is 23.2 Å². The first-order valence-corrected chi connectivity index (χ1v) is 15.0. The molecule has 1 unspecified atom stereocenters. The molecule has 3 aromatic rings. The van der Waals surface area contributed by atoms with Crippen LogP contribution in [-0.2, 0) is 22.3 Å². The number of likely N-dealkylation sites (tertiary alicyclic amines) is 1. The van der Waals surface area contributed by atoms with Gasteiger partial charge in [-0.25, -0.2) is 0 Å². The number of halogens is 5. The summed E-state index contributed by atoms with van der Waals surface area (Å²) in [7, 11) is 1.58. The van der Waals surface area contributed by atoms with E-state index in [4.69, 9.17) is 23.2 Å². The molecule has 1 atom stereocenters. The quantitative estimate of drug-likeness (QED) is 0.287. The zero-order chi connectivity index (χ0) is 33.2. The number of aromatic amines is 1. The first-order chi connectivity index (χ1) is 21.2. The highest BCUT2D eigenvalue weighted by Gasteiger charge is 2.32. The number of benzene rings is 2. The lowest BCUT2D eigenvalue weighted by Crippen LogP contribution is -2.44. The molecule has 2 N–H and O–H groups in total. The van der Waals surface area contributed by atoms with Crippen LogP contribution in [0.4, 0.5) is 13.2 Å². The molecule has 0 aliphatic carbocycles. The average Bonchev–Trinajstić information content (AvgIpc) is 3.00. The monoisotopic (exact) mass is 662 g/mol. The Morgan fingerprint density at radius 1 is 1.13 bits per heavy atom. The number of phenols is 1. The van der Waals surface area contributed by atoms with E-state index in [1.165, 1.54) is 23.1 Å². The number of aromatic nitrogens is 1. The highest BCUT2D eigenvalue weighted by molar-refractivity contribution is 6.33. The standard InChI is InChI=1S/C32H31Cl2F3N4O4/c1-4-17(2)30(44)41-9-7-18(8-10-41)31(45)40(3)16-19-11-21(33)13-24(28(19)42)27-14-22(25(15-38)29(43)39-27)23-12-20(32(35,36)37)5-6-26(23)34/h5-6,11-14,17-18,42H,4,7-10,16H2,1-3H3,(H,39,43). The van der Waals surface area contributed by atoms with E-state index < -0.39 is 22.9 Å². The molecule has 2 amide bonds. The summed E-state index contributed by atoms with van der Waals surface area (Å²) in [5, 5.41) is 20.9. The van der Waals surface area contributed by atoms with Gasteiger partial charge < -0.3 is 19.9 Å². The number of hydrogen-bond donors (Lipinski definition) is 2. The van der Waals surface area contributed by atoms with Crippen molar-refractivity contribution < 1.29 is 27.9 Å². The van der Waals surface area contributed by atoms with E-state index >= 15 is 0 Å². The Hall–Kier alpha value is -4.01. The topological polar surface area (TPSA) is 117 Å². The van der Waals surface area contributed by atoms with Crippen molar-refractivity contribution in [2.75, 3.05) is 20.1 Å². The van der Waals surface area contributed by atoms with Gasteiger partial charge in [-0.3, -0.25) is 14.4 Å². The number of phenolic OH excluding ortho intramolecular Hbond substituents is 1. The molecular weight excluding hydrogens is 632 g/mol. The molecule has 4 rings (SSSR count). The van der Waals surface area contributed by atoms with Gasteiger partial charge in [-0.05, 0) is 55.7 Å². The Kier molecular flexibility index (Phi) is 10.2. The maximum atomic E-state index is 13.5. The number of nitriles is 1. The van der Waals surface area contributed by atoms with Crippen LogP contribution in [0.25, 0.3) is 22.4 Å². The van der Waals surface area contributed by atoms with Gasteiger partial charge in [-0.2, -0.15) is 18.4 Å². The number of aromatic hydroxyl groups is 1. The van der Waals surface area contributed by atoms with Gasteiger partial charge in [0.1, 0.15) is 17.4 Å². The first-order valence-electron chi connectivity index (χ1n) is 14.3. The third-order valence-corrected chi connectivity index (χ3v) is 8.69. The molecule has 0 radical (unpaired) electrons. The van der Waals surface area contributed by atoms with Gasteiger partial charge in [-0.15, -0.1) is 0 Å². The van der Waals surface area contributed by atoms with Crippen molar-refractivity contribution in [3.8, 4) is 34.2 Å². The zero-order valence-corrected chi connectivity index (χ0v) is 26.3. The molecular formula is C32H31Cl2F3N4O4. The fraction of sp³-hybridized carbons (Fsp3) is 0.375. The van der Waals surface area contributed by atoms with E-state index in [1.54, 1.807) is 18.0 Å². The molecule has 1 aromatic heterocycles. The fourth-order valence-corrected chi connectivity index (χ4v) is 5.86. The van der Waals surface area contributed by atoms with Crippen molar-refractivity contribution in [3.05, 3.63) is 73.5 Å². The summed E-state index contributed by atoms with van der Waals surface area (Å²) < 4.78 is 40.4. The maximum Gasteiger partial charge on any atom is 0.416 e. The second-order valence-corrected chi connectivity index (χ2v) is 12.0. The summed E-state index contributed by atoms with van der Waals surface area (Å²) in [5.41, 5.74) is -2.52. The second kappa shape index (κ2) is 13.5. The highest BCUT2D eigenvalue weighted by atomic mass is 35.5. The van der Waals surface area contributed by atoms with Crippen LogP contribution in [0.5, 0.6) is 5.75 Å². The van der Waals surface area contributed by atoms with Crippen molar-refractivity contribution in [1.29, 1.82) is 5.26 Å². The van der Waals surface area contributed by atoms with Crippen molar-refractivity contribution in [1.82, 2.24) is 14.8 Å². The normalized spacial score (nSPS) is 14.6. The highest BCUT2D eigenvalue weighted by Crippen LogP contribution is 2.40. The molecule has 45 heavy (non-hydrogen) atoms. The third-order valence-electron chi connectivity index (χ3n) is 8.15. The SMILES string of the molecule is CCC(C)C(=O)N1CCC(C(=O)N(C)Cc2cc(Cl)cc(-c3cc(-c4cc(C(F)(F)F)ccc4Cl)c(C#N)c(=O)[nH]3)c2O)CC1. The van der Waals surface area contributed by atoms with Crippen molar-refractivity contribution in [2.45, 2.75) is 45.8 Å². The lowest BCUT2D eigenvalue weighted by molar-refractivity contribution is -0.142. The minimum Gasteiger partial charge on any atom is -0.507 e. The minimum atomic E-state index is -4.71. The first kappa shape index (κ1) is 33.9. The van der Waals surface area contributed by atoms with Crippen molar-refractivity contribution >= 4 is 35.0 Å². The van der Waals surface area contributed by atoms with E-state index in [2.05, 4.69) is 4.98 Å². The lowest BCUT2D eigenvalue weighted by Gasteiger charge is -2.34. The van der Waals surface area contributed by atoms with Crippen LogP contribution in [0.15, 0.2) is 41.2 Å². The smallest absolute Gasteiger partial charge is 0.416 e. The molecule has 0 saturated carbocycles. The van der Waals surface area contributed by atoms with Gasteiger partial charge in [-0.1, -0.05) is 37.0 Å². The molecule has 2 aromatic carbocycles. The number of pyridine rings is 1.